The Bertz CT molecular complexity index is 1680. The Balaban J connectivity index is 0.904. The molecule has 1 aromatic carbocycles. The average Bonchev–Trinajstić information content (AvgIpc) is 4.04. The van der Waals surface area contributed by atoms with Crippen molar-refractivity contribution in [1.82, 2.24) is 9.80 Å². The van der Waals surface area contributed by atoms with Crippen LogP contribution in [0.3, 0.4) is 0 Å². The minimum atomic E-state index is -0.658. The lowest BCUT2D eigenvalue weighted by atomic mass is 9.41. The van der Waals surface area contributed by atoms with Crippen LogP contribution in [-0.2, 0) is 30.3 Å². The van der Waals surface area contributed by atoms with Crippen LogP contribution in [0.15, 0.2) is 18.2 Å². The Morgan fingerprint density at radius 1 is 0.982 bits per heavy atom. The molecule has 0 radical (unpaired) electrons. The highest BCUT2D eigenvalue weighted by Crippen LogP contribution is 2.89. The van der Waals surface area contributed by atoms with Crippen molar-refractivity contribution < 1.29 is 37.7 Å². The van der Waals surface area contributed by atoms with Crippen molar-refractivity contribution in [3.63, 3.8) is 0 Å². The largest absolute Gasteiger partial charge is 0.390 e. The van der Waals surface area contributed by atoms with Crippen LogP contribution in [0.4, 0.5) is 8.78 Å². The maximum absolute atomic E-state index is 14.0. The zero-order chi connectivity index (χ0) is 38.9. The van der Waals surface area contributed by atoms with Gasteiger partial charge in [-0.15, -0.1) is 0 Å². The standard InChI is InChI=1S/C45H64F2N2O6/c1-26-17-32(23-49(27(2)50)22-29-18-30(46)21-31(47)19-29)54-39-38(26)42(5)13-14-45-25-44(45)12-11-35(41(3,4)33(44)9-10-34(45)43(42,6)40(39)52)55-37-24-48(15-16-53-37)36(51)20-28-7-8-28/h18-19,21,26,28,32-35,37-40,52H,7-17,20,22-25H2,1-6H3. The molecule has 6 saturated carbocycles. The van der Waals surface area contributed by atoms with E-state index < -0.39 is 17.7 Å². The molecule has 55 heavy (non-hydrogen) atoms. The molecule has 0 bridgehead atoms. The molecule has 8 fully saturated rings. The smallest absolute Gasteiger partial charge is 0.223 e. The van der Waals surface area contributed by atoms with Gasteiger partial charge in [0.1, 0.15) is 11.6 Å². The molecule has 13 unspecified atom stereocenters. The Kier molecular flexibility index (Phi) is 9.20. The molecule has 0 aromatic heterocycles. The van der Waals surface area contributed by atoms with Gasteiger partial charge in [-0.25, -0.2) is 8.78 Å². The number of carbonyl (C=O) groups excluding carboxylic acids is 2. The van der Waals surface area contributed by atoms with E-state index in [1.807, 2.05) is 4.90 Å². The predicted octanol–water partition coefficient (Wildman–Crippen LogP) is 7.50. The van der Waals surface area contributed by atoms with Crippen LogP contribution in [-0.4, -0.2) is 83.7 Å². The van der Waals surface area contributed by atoms with E-state index in [4.69, 9.17) is 14.2 Å². The highest BCUT2D eigenvalue weighted by atomic mass is 19.1. The van der Waals surface area contributed by atoms with Crippen molar-refractivity contribution >= 4 is 11.8 Å². The quantitative estimate of drug-likeness (QED) is 0.295. The van der Waals surface area contributed by atoms with Gasteiger partial charge >= 0.3 is 0 Å². The van der Waals surface area contributed by atoms with E-state index in [0.717, 1.165) is 44.6 Å². The number of hydrogen-bond donors (Lipinski definition) is 1. The molecule has 304 valence electrons. The first-order chi connectivity index (χ1) is 26.0. The van der Waals surface area contributed by atoms with Crippen LogP contribution in [0.25, 0.3) is 0 Å². The zero-order valence-electron chi connectivity index (χ0n) is 34.0. The minimum Gasteiger partial charge on any atom is -0.390 e. The summed E-state index contributed by atoms with van der Waals surface area (Å²) in [5.41, 5.74) is 0.456. The molecule has 2 aliphatic heterocycles. The van der Waals surface area contributed by atoms with E-state index in [0.29, 0.717) is 56.0 Å². The van der Waals surface area contributed by atoms with Crippen LogP contribution in [0.2, 0.25) is 0 Å². The number of benzene rings is 1. The number of morpholine rings is 1. The molecule has 8 nitrogen and oxygen atoms in total. The Labute approximate surface area is 326 Å². The SMILES string of the molecule is CC(=O)N(Cc1cc(F)cc(F)c1)CC1CC(C)C2C(O1)C(O)C1(C)C3CCC4C(C)(C)C(OC5CN(C(=O)CC6CC6)CCO5)CCC45CC35CCC21C. The first-order valence-corrected chi connectivity index (χ1v) is 21.6. The number of rotatable bonds is 8. The summed E-state index contributed by atoms with van der Waals surface area (Å²) < 4.78 is 48.0. The van der Waals surface area contributed by atoms with E-state index in [-0.39, 0.29) is 81.9 Å². The monoisotopic (exact) mass is 766 g/mol. The summed E-state index contributed by atoms with van der Waals surface area (Å²) >= 11 is 0. The van der Waals surface area contributed by atoms with Crippen molar-refractivity contribution in [2.24, 2.45) is 56.7 Å². The lowest BCUT2D eigenvalue weighted by molar-refractivity contribution is -0.248. The maximum Gasteiger partial charge on any atom is 0.223 e. The lowest BCUT2D eigenvalue weighted by Gasteiger charge is -2.64. The molecular weight excluding hydrogens is 702 g/mol. The van der Waals surface area contributed by atoms with Crippen molar-refractivity contribution in [2.75, 3.05) is 26.2 Å². The van der Waals surface area contributed by atoms with Gasteiger partial charge in [0.05, 0.1) is 37.6 Å². The van der Waals surface area contributed by atoms with Gasteiger partial charge in [0.2, 0.25) is 11.8 Å². The zero-order valence-corrected chi connectivity index (χ0v) is 34.0. The van der Waals surface area contributed by atoms with Gasteiger partial charge in [-0.2, -0.15) is 0 Å². The summed E-state index contributed by atoms with van der Waals surface area (Å²) in [4.78, 5) is 29.4. The summed E-state index contributed by atoms with van der Waals surface area (Å²) in [6.07, 6.45) is 10.1. The number of ether oxygens (including phenoxy) is 3. The second kappa shape index (κ2) is 13.2. The Hall–Kier alpha value is -2.14. The molecule has 9 rings (SSSR count). The number of fused-ring (bicyclic) bond motifs is 4. The number of carbonyl (C=O) groups is 2. The van der Waals surface area contributed by atoms with Crippen molar-refractivity contribution in [3.8, 4) is 0 Å². The molecule has 10 heteroatoms. The number of aliphatic hydroxyl groups is 1. The number of amides is 2. The normalized spacial score (nSPS) is 45.4. The second-order valence-corrected chi connectivity index (χ2v) is 20.7. The molecule has 2 saturated heterocycles. The van der Waals surface area contributed by atoms with E-state index in [1.54, 1.807) is 4.90 Å². The van der Waals surface area contributed by atoms with Crippen LogP contribution < -0.4 is 0 Å². The van der Waals surface area contributed by atoms with Gasteiger partial charge < -0.3 is 29.1 Å². The summed E-state index contributed by atoms with van der Waals surface area (Å²) in [5.74, 6) is 0.772. The molecule has 2 amide bonds. The summed E-state index contributed by atoms with van der Waals surface area (Å²) in [5, 5.41) is 12.7. The van der Waals surface area contributed by atoms with Crippen LogP contribution in [0.1, 0.15) is 118 Å². The number of hydrogen-bond acceptors (Lipinski definition) is 6. The minimum absolute atomic E-state index is 0.0367. The average molecular weight is 767 g/mol. The van der Waals surface area contributed by atoms with Crippen molar-refractivity contribution in [2.45, 2.75) is 149 Å². The van der Waals surface area contributed by atoms with E-state index in [1.165, 1.54) is 44.7 Å². The summed E-state index contributed by atoms with van der Waals surface area (Å²) in [6, 6.07) is 3.40. The fourth-order valence-corrected chi connectivity index (χ4v) is 15.0. The van der Waals surface area contributed by atoms with Crippen LogP contribution in [0.5, 0.6) is 0 Å². The third kappa shape index (κ3) is 5.82. The van der Waals surface area contributed by atoms with Gasteiger partial charge in [0, 0.05) is 44.5 Å². The Morgan fingerprint density at radius 3 is 2.40 bits per heavy atom. The number of halogens is 2. The van der Waals surface area contributed by atoms with E-state index in [2.05, 4.69) is 34.6 Å². The van der Waals surface area contributed by atoms with Crippen molar-refractivity contribution in [3.05, 3.63) is 35.4 Å². The van der Waals surface area contributed by atoms with E-state index >= 15 is 0 Å². The predicted molar refractivity (Wildman–Crippen MR) is 202 cm³/mol. The first kappa shape index (κ1) is 38.4. The molecule has 13 atom stereocenters. The fraction of sp³-hybridized carbons (Fsp3) is 0.822. The fourth-order valence-electron chi connectivity index (χ4n) is 15.0. The molecule has 2 spiro atoms. The third-order valence-corrected chi connectivity index (χ3v) is 17.8. The molecule has 8 aliphatic rings. The second-order valence-electron chi connectivity index (χ2n) is 20.7. The maximum atomic E-state index is 14.0. The number of aliphatic hydroxyl groups excluding tert-OH is 1. The molecule has 1 aromatic rings. The third-order valence-electron chi connectivity index (χ3n) is 17.8. The van der Waals surface area contributed by atoms with Gasteiger partial charge in [-0.05, 0) is 133 Å². The van der Waals surface area contributed by atoms with Crippen molar-refractivity contribution in [1.29, 1.82) is 0 Å². The molecule has 6 aliphatic carbocycles. The molecular formula is C45H64F2N2O6. The first-order valence-electron chi connectivity index (χ1n) is 21.6. The van der Waals surface area contributed by atoms with E-state index in [9.17, 15) is 23.5 Å². The highest BCUT2D eigenvalue weighted by Gasteiger charge is 2.84. The van der Waals surface area contributed by atoms with Gasteiger partial charge in [0.25, 0.3) is 0 Å². The van der Waals surface area contributed by atoms with Crippen LogP contribution in [0, 0.1) is 68.3 Å². The van der Waals surface area contributed by atoms with Crippen LogP contribution >= 0.6 is 0 Å². The topological polar surface area (TPSA) is 88.5 Å². The summed E-state index contributed by atoms with van der Waals surface area (Å²) in [7, 11) is 0. The van der Waals surface area contributed by atoms with Gasteiger partial charge in [-0.1, -0.05) is 34.6 Å². The molecule has 1 N–H and O–H groups in total. The molecule has 2 heterocycles. The van der Waals surface area contributed by atoms with Gasteiger partial charge in [-0.3, -0.25) is 9.59 Å². The summed E-state index contributed by atoms with van der Waals surface area (Å²) in [6.45, 7) is 15.6. The highest BCUT2D eigenvalue weighted by molar-refractivity contribution is 5.76. The Morgan fingerprint density at radius 2 is 1.69 bits per heavy atom. The van der Waals surface area contributed by atoms with Gasteiger partial charge in [0.15, 0.2) is 6.29 Å². The number of nitrogens with zero attached hydrogens (tertiary/aromatic N) is 2. The lowest BCUT2D eigenvalue weighted by Crippen LogP contribution is -2.60.